The van der Waals surface area contributed by atoms with Crippen LogP contribution in [-0.2, 0) is 0 Å². The number of nitrogens with one attached hydrogen (secondary N) is 2. The molecule has 4 nitrogen and oxygen atoms in total. The second-order valence-electron chi connectivity index (χ2n) is 6.49. The highest BCUT2D eigenvalue weighted by atomic mass is 35.5. The Bertz CT molecular complexity index is 1220. The van der Waals surface area contributed by atoms with Crippen molar-refractivity contribution in [1.82, 2.24) is 10.3 Å². The third kappa shape index (κ3) is 4.62. The van der Waals surface area contributed by atoms with Gasteiger partial charge in [-0.3, -0.25) is 10.1 Å². The molecule has 0 aliphatic rings. The van der Waals surface area contributed by atoms with Crippen molar-refractivity contribution in [2.45, 2.75) is 6.92 Å². The average molecular weight is 438 g/mol. The Hall–Kier alpha value is -2.80. The van der Waals surface area contributed by atoms with E-state index in [0.29, 0.717) is 10.6 Å². The highest BCUT2D eigenvalue weighted by molar-refractivity contribution is 7.80. The van der Waals surface area contributed by atoms with Crippen molar-refractivity contribution < 1.29 is 4.79 Å². The van der Waals surface area contributed by atoms with Gasteiger partial charge in [0, 0.05) is 21.8 Å². The van der Waals surface area contributed by atoms with Crippen molar-refractivity contribution in [3.8, 4) is 10.6 Å². The third-order valence-corrected chi connectivity index (χ3v) is 5.75. The fourth-order valence-electron chi connectivity index (χ4n) is 2.82. The number of thiocarbonyl (C=S) groups is 1. The number of hydrogen-bond acceptors (Lipinski definition) is 4. The summed E-state index contributed by atoms with van der Waals surface area (Å²) in [6.07, 6.45) is 0. The van der Waals surface area contributed by atoms with Gasteiger partial charge >= 0.3 is 0 Å². The van der Waals surface area contributed by atoms with Crippen LogP contribution in [0.3, 0.4) is 0 Å². The zero-order valence-electron chi connectivity index (χ0n) is 15.4. The average Bonchev–Trinajstić information content (AvgIpc) is 3.11. The maximum absolute atomic E-state index is 12.2. The Morgan fingerprint density at radius 2 is 1.86 bits per heavy atom. The minimum absolute atomic E-state index is 0.221. The van der Waals surface area contributed by atoms with Crippen LogP contribution in [0.2, 0.25) is 5.02 Å². The van der Waals surface area contributed by atoms with Gasteiger partial charge in [0.25, 0.3) is 5.91 Å². The number of hydrogen-bond donors (Lipinski definition) is 2. The van der Waals surface area contributed by atoms with E-state index in [1.54, 1.807) is 35.6 Å². The molecule has 1 amide bonds. The molecule has 0 fully saturated rings. The van der Waals surface area contributed by atoms with Crippen molar-refractivity contribution in [2.75, 3.05) is 5.32 Å². The SMILES string of the molecule is Cc1ccc2nc(-c3ccc(NC(=S)NC(=O)c4cccc(Cl)c4)cc3)sc2c1. The van der Waals surface area contributed by atoms with Crippen LogP contribution in [0.25, 0.3) is 20.8 Å². The lowest BCUT2D eigenvalue weighted by Gasteiger charge is -2.10. The quantitative estimate of drug-likeness (QED) is 0.383. The number of thiazole rings is 1. The summed E-state index contributed by atoms with van der Waals surface area (Å²) in [4.78, 5) is 16.9. The van der Waals surface area contributed by atoms with Crippen LogP contribution in [0.4, 0.5) is 5.69 Å². The number of benzene rings is 3. The number of amides is 1. The molecular formula is C22H16ClN3OS2. The lowest BCUT2D eigenvalue weighted by atomic mass is 10.2. The predicted molar refractivity (Wildman–Crippen MR) is 125 cm³/mol. The first-order valence-corrected chi connectivity index (χ1v) is 10.4. The molecule has 29 heavy (non-hydrogen) atoms. The van der Waals surface area contributed by atoms with Crippen LogP contribution in [0.5, 0.6) is 0 Å². The first-order valence-electron chi connectivity index (χ1n) is 8.83. The van der Waals surface area contributed by atoms with E-state index in [9.17, 15) is 4.79 Å². The second-order valence-corrected chi connectivity index (χ2v) is 8.36. The third-order valence-electron chi connectivity index (χ3n) is 4.25. The number of aromatic nitrogens is 1. The molecule has 0 spiro atoms. The van der Waals surface area contributed by atoms with Gasteiger partial charge in [-0.1, -0.05) is 23.7 Å². The minimum Gasteiger partial charge on any atom is -0.332 e. The first-order chi connectivity index (χ1) is 14.0. The molecular weight excluding hydrogens is 422 g/mol. The summed E-state index contributed by atoms with van der Waals surface area (Å²) >= 11 is 12.8. The smallest absolute Gasteiger partial charge is 0.257 e. The van der Waals surface area contributed by atoms with Crippen molar-refractivity contribution in [2.24, 2.45) is 0 Å². The van der Waals surface area contributed by atoms with Gasteiger partial charge in [-0.05, 0) is 79.3 Å². The highest BCUT2D eigenvalue weighted by Gasteiger charge is 2.10. The zero-order valence-corrected chi connectivity index (χ0v) is 17.8. The van der Waals surface area contributed by atoms with Crippen LogP contribution in [0.1, 0.15) is 15.9 Å². The molecule has 0 saturated carbocycles. The van der Waals surface area contributed by atoms with E-state index >= 15 is 0 Å². The number of rotatable bonds is 3. The molecule has 7 heteroatoms. The summed E-state index contributed by atoms with van der Waals surface area (Å²) in [7, 11) is 0. The number of nitrogens with zero attached hydrogens (tertiary/aromatic N) is 1. The number of anilines is 1. The van der Waals surface area contributed by atoms with Gasteiger partial charge < -0.3 is 5.32 Å². The molecule has 1 aromatic heterocycles. The molecule has 4 rings (SSSR count). The van der Waals surface area contributed by atoms with Gasteiger partial charge in [0.2, 0.25) is 0 Å². The van der Waals surface area contributed by atoms with Gasteiger partial charge in [-0.2, -0.15) is 0 Å². The molecule has 0 atom stereocenters. The number of carbonyl (C=O) groups is 1. The highest BCUT2D eigenvalue weighted by Crippen LogP contribution is 2.31. The number of fused-ring (bicyclic) bond motifs is 1. The van der Waals surface area contributed by atoms with Crippen LogP contribution >= 0.6 is 35.2 Å². The van der Waals surface area contributed by atoms with Gasteiger partial charge in [0.05, 0.1) is 10.2 Å². The Morgan fingerprint density at radius 3 is 2.62 bits per heavy atom. The van der Waals surface area contributed by atoms with Gasteiger partial charge in [-0.15, -0.1) is 11.3 Å². The van der Waals surface area contributed by atoms with Gasteiger partial charge in [0.15, 0.2) is 5.11 Å². The van der Waals surface area contributed by atoms with Crippen LogP contribution < -0.4 is 10.6 Å². The molecule has 0 unspecified atom stereocenters. The van der Waals surface area contributed by atoms with E-state index in [1.165, 1.54) is 10.3 Å². The Labute approximate surface area is 182 Å². The van der Waals surface area contributed by atoms with E-state index in [4.69, 9.17) is 28.8 Å². The molecule has 144 valence electrons. The van der Waals surface area contributed by atoms with E-state index in [0.717, 1.165) is 21.8 Å². The van der Waals surface area contributed by atoms with Crippen LogP contribution in [-0.4, -0.2) is 16.0 Å². The Kier molecular flexibility index (Phi) is 5.58. The summed E-state index contributed by atoms with van der Waals surface area (Å²) in [6, 6.07) is 20.7. The van der Waals surface area contributed by atoms with Crippen molar-refractivity contribution in [3.63, 3.8) is 0 Å². The molecule has 0 aliphatic carbocycles. The van der Waals surface area contributed by atoms with Crippen LogP contribution in [0, 0.1) is 6.92 Å². The number of carbonyl (C=O) groups excluding carboxylic acids is 1. The Morgan fingerprint density at radius 1 is 1.07 bits per heavy atom. The molecule has 3 aromatic carbocycles. The number of aryl methyl sites for hydroxylation is 1. The van der Waals surface area contributed by atoms with Gasteiger partial charge in [-0.25, -0.2) is 4.98 Å². The van der Waals surface area contributed by atoms with E-state index in [1.807, 2.05) is 30.3 Å². The molecule has 4 aromatic rings. The summed E-state index contributed by atoms with van der Waals surface area (Å²) in [5, 5.41) is 7.36. The second kappa shape index (κ2) is 8.29. The monoisotopic (exact) mass is 437 g/mol. The molecule has 0 aliphatic heterocycles. The van der Waals surface area contributed by atoms with Gasteiger partial charge in [0.1, 0.15) is 5.01 Å². The zero-order chi connectivity index (χ0) is 20.4. The van der Waals surface area contributed by atoms with E-state index in [2.05, 4.69) is 29.7 Å². The minimum atomic E-state index is -0.314. The lowest BCUT2D eigenvalue weighted by Crippen LogP contribution is -2.34. The molecule has 0 radical (unpaired) electrons. The summed E-state index contributed by atoms with van der Waals surface area (Å²) in [6.45, 7) is 2.08. The number of halogens is 1. The fourth-order valence-corrected chi connectivity index (χ4v) is 4.29. The molecule has 0 bridgehead atoms. The Balaban J connectivity index is 1.43. The van der Waals surface area contributed by atoms with Crippen molar-refractivity contribution >= 4 is 62.1 Å². The molecule has 0 saturated heterocycles. The normalized spacial score (nSPS) is 10.7. The lowest BCUT2D eigenvalue weighted by molar-refractivity contribution is 0.0977. The summed E-state index contributed by atoms with van der Waals surface area (Å²) in [5.41, 5.74) is 4.48. The van der Waals surface area contributed by atoms with E-state index < -0.39 is 0 Å². The fraction of sp³-hybridized carbons (Fsp3) is 0.0455. The summed E-state index contributed by atoms with van der Waals surface area (Å²) in [5.74, 6) is -0.314. The molecule has 2 N–H and O–H groups in total. The largest absolute Gasteiger partial charge is 0.332 e. The standard InChI is InChI=1S/C22H16ClN3OS2/c1-13-5-10-18-19(11-13)29-21(25-18)14-6-8-17(9-7-14)24-22(28)26-20(27)15-3-2-4-16(23)12-15/h2-12H,1H3,(H2,24,26,27,28). The van der Waals surface area contributed by atoms with Crippen molar-refractivity contribution in [3.05, 3.63) is 82.9 Å². The van der Waals surface area contributed by atoms with Crippen LogP contribution in [0.15, 0.2) is 66.7 Å². The van der Waals surface area contributed by atoms with Crippen molar-refractivity contribution in [1.29, 1.82) is 0 Å². The maximum atomic E-state index is 12.2. The topological polar surface area (TPSA) is 54.0 Å². The predicted octanol–water partition coefficient (Wildman–Crippen LogP) is 6.05. The first kappa shape index (κ1) is 19.5. The summed E-state index contributed by atoms with van der Waals surface area (Å²) < 4.78 is 1.17. The maximum Gasteiger partial charge on any atom is 0.257 e. The van der Waals surface area contributed by atoms with E-state index in [-0.39, 0.29) is 11.0 Å². The molecule has 1 heterocycles.